The molecule has 3 unspecified atom stereocenters. The zero-order chi connectivity index (χ0) is 12.3. The first-order valence-corrected chi connectivity index (χ1v) is 6.80. The molecule has 0 radical (unpaired) electrons. The minimum atomic E-state index is 0.136. The van der Waals surface area contributed by atoms with Crippen molar-refractivity contribution in [2.75, 3.05) is 26.3 Å². The second kappa shape index (κ2) is 5.83. The van der Waals surface area contributed by atoms with Gasteiger partial charge >= 0.3 is 0 Å². The van der Waals surface area contributed by atoms with Gasteiger partial charge in [-0.25, -0.2) is 0 Å². The Kier molecular flexibility index (Phi) is 4.40. The van der Waals surface area contributed by atoms with Crippen LogP contribution in [0.3, 0.4) is 0 Å². The third-order valence-corrected chi connectivity index (χ3v) is 4.09. The van der Waals surface area contributed by atoms with E-state index in [1.54, 1.807) is 0 Å². The molecule has 1 amide bonds. The van der Waals surface area contributed by atoms with Crippen LogP contribution >= 0.6 is 0 Å². The number of carbonyl (C=O) groups excluding carboxylic acids is 1. The summed E-state index contributed by atoms with van der Waals surface area (Å²) < 4.78 is 5.39. The zero-order valence-corrected chi connectivity index (χ0v) is 10.7. The second-order valence-corrected chi connectivity index (χ2v) is 5.45. The molecule has 1 saturated carbocycles. The summed E-state index contributed by atoms with van der Waals surface area (Å²) in [7, 11) is 0. The summed E-state index contributed by atoms with van der Waals surface area (Å²) in [5, 5.41) is 0. The molecule has 0 spiro atoms. The predicted molar refractivity (Wildman–Crippen MR) is 66.5 cm³/mol. The number of hydrogen-bond donors (Lipinski definition) is 1. The van der Waals surface area contributed by atoms with Gasteiger partial charge in [-0.2, -0.15) is 0 Å². The molecule has 0 aromatic carbocycles. The highest BCUT2D eigenvalue weighted by Crippen LogP contribution is 2.30. The Labute approximate surface area is 103 Å². The van der Waals surface area contributed by atoms with Gasteiger partial charge in [0.15, 0.2) is 0 Å². The van der Waals surface area contributed by atoms with Crippen molar-refractivity contribution in [1.82, 2.24) is 4.90 Å². The van der Waals surface area contributed by atoms with E-state index in [4.69, 9.17) is 10.5 Å². The number of amides is 1. The van der Waals surface area contributed by atoms with Crippen LogP contribution in [0.2, 0.25) is 0 Å². The van der Waals surface area contributed by atoms with Crippen LogP contribution in [-0.4, -0.2) is 43.2 Å². The highest BCUT2D eigenvalue weighted by molar-refractivity contribution is 5.79. The summed E-state index contributed by atoms with van der Waals surface area (Å²) in [6, 6.07) is 0.211. The molecule has 2 aliphatic rings. The molecular weight excluding hydrogens is 216 g/mol. The van der Waals surface area contributed by atoms with Crippen LogP contribution in [0.4, 0.5) is 0 Å². The van der Waals surface area contributed by atoms with Gasteiger partial charge in [0.25, 0.3) is 0 Å². The third kappa shape index (κ3) is 3.19. The number of ether oxygens (including phenoxy) is 1. The average Bonchev–Trinajstić information content (AvgIpc) is 2.60. The van der Waals surface area contributed by atoms with Crippen LogP contribution in [-0.2, 0) is 9.53 Å². The lowest BCUT2D eigenvalue weighted by Crippen LogP contribution is -2.44. The van der Waals surface area contributed by atoms with Crippen molar-refractivity contribution in [3.63, 3.8) is 0 Å². The molecule has 2 rings (SSSR count). The van der Waals surface area contributed by atoms with Crippen LogP contribution in [0.25, 0.3) is 0 Å². The normalized spacial score (nSPS) is 35.4. The van der Waals surface area contributed by atoms with Crippen molar-refractivity contribution in [2.24, 2.45) is 17.6 Å². The van der Waals surface area contributed by atoms with Gasteiger partial charge in [-0.1, -0.05) is 6.92 Å². The van der Waals surface area contributed by atoms with Crippen molar-refractivity contribution in [1.29, 1.82) is 0 Å². The molecule has 2 fully saturated rings. The Morgan fingerprint density at radius 2 is 2.12 bits per heavy atom. The summed E-state index contributed by atoms with van der Waals surface area (Å²) in [6.07, 6.45) is 3.96. The summed E-state index contributed by atoms with van der Waals surface area (Å²) in [5.41, 5.74) is 5.99. The molecular formula is C13H24N2O2. The molecule has 4 heteroatoms. The van der Waals surface area contributed by atoms with E-state index in [0.717, 1.165) is 45.4 Å². The SMILES string of the molecule is CC1CCC(N)CC1C(=O)N1CCCOCC1. The molecule has 1 heterocycles. The van der Waals surface area contributed by atoms with Crippen molar-refractivity contribution < 1.29 is 9.53 Å². The summed E-state index contributed by atoms with van der Waals surface area (Å²) in [6.45, 7) is 5.24. The maximum absolute atomic E-state index is 12.5. The van der Waals surface area contributed by atoms with Crippen LogP contribution < -0.4 is 5.73 Å². The van der Waals surface area contributed by atoms with E-state index >= 15 is 0 Å². The number of nitrogens with zero attached hydrogens (tertiary/aromatic N) is 1. The fourth-order valence-corrected chi connectivity index (χ4v) is 2.90. The number of hydrogen-bond acceptors (Lipinski definition) is 3. The summed E-state index contributed by atoms with van der Waals surface area (Å²) in [4.78, 5) is 14.5. The summed E-state index contributed by atoms with van der Waals surface area (Å²) in [5.74, 6) is 0.918. The van der Waals surface area contributed by atoms with E-state index in [1.165, 1.54) is 0 Å². The second-order valence-electron chi connectivity index (χ2n) is 5.45. The zero-order valence-electron chi connectivity index (χ0n) is 10.7. The van der Waals surface area contributed by atoms with Gasteiger partial charge in [-0.05, 0) is 31.6 Å². The lowest BCUT2D eigenvalue weighted by Gasteiger charge is -2.35. The topological polar surface area (TPSA) is 55.6 Å². The standard InChI is InChI=1S/C13H24N2O2/c1-10-3-4-11(14)9-12(10)13(16)15-5-2-7-17-8-6-15/h10-12H,2-9,14H2,1H3. The van der Waals surface area contributed by atoms with Crippen LogP contribution in [0.15, 0.2) is 0 Å². The Morgan fingerprint density at radius 1 is 1.29 bits per heavy atom. The molecule has 0 aromatic heterocycles. The molecule has 0 bridgehead atoms. The van der Waals surface area contributed by atoms with E-state index in [0.29, 0.717) is 18.4 Å². The lowest BCUT2D eigenvalue weighted by atomic mass is 9.77. The molecule has 3 atom stereocenters. The highest BCUT2D eigenvalue weighted by atomic mass is 16.5. The highest BCUT2D eigenvalue weighted by Gasteiger charge is 2.34. The van der Waals surface area contributed by atoms with E-state index in [2.05, 4.69) is 6.92 Å². The van der Waals surface area contributed by atoms with E-state index in [1.807, 2.05) is 4.90 Å². The van der Waals surface area contributed by atoms with Gasteiger partial charge in [0.1, 0.15) is 0 Å². The van der Waals surface area contributed by atoms with Crippen LogP contribution in [0.1, 0.15) is 32.6 Å². The first-order chi connectivity index (χ1) is 8.18. The molecule has 2 N–H and O–H groups in total. The van der Waals surface area contributed by atoms with Crippen LogP contribution in [0, 0.1) is 11.8 Å². The van der Waals surface area contributed by atoms with Gasteiger partial charge < -0.3 is 15.4 Å². The Bertz CT molecular complexity index is 262. The van der Waals surface area contributed by atoms with Gasteiger partial charge in [-0.3, -0.25) is 4.79 Å². The summed E-state index contributed by atoms with van der Waals surface area (Å²) >= 11 is 0. The molecule has 1 saturated heterocycles. The van der Waals surface area contributed by atoms with E-state index < -0.39 is 0 Å². The van der Waals surface area contributed by atoms with Crippen molar-refractivity contribution >= 4 is 5.91 Å². The van der Waals surface area contributed by atoms with Gasteiger partial charge in [0.2, 0.25) is 5.91 Å². The first-order valence-electron chi connectivity index (χ1n) is 6.80. The Morgan fingerprint density at radius 3 is 2.94 bits per heavy atom. The minimum absolute atomic E-state index is 0.136. The van der Waals surface area contributed by atoms with Gasteiger partial charge in [-0.15, -0.1) is 0 Å². The number of nitrogens with two attached hydrogens (primary N) is 1. The minimum Gasteiger partial charge on any atom is -0.380 e. The van der Waals surface area contributed by atoms with E-state index in [9.17, 15) is 4.79 Å². The average molecular weight is 240 g/mol. The monoisotopic (exact) mass is 240 g/mol. The molecule has 1 aliphatic heterocycles. The fraction of sp³-hybridized carbons (Fsp3) is 0.923. The van der Waals surface area contributed by atoms with E-state index in [-0.39, 0.29) is 12.0 Å². The quantitative estimate of drug-likeness (QED) is 0.744. The van der Waals surface area contributed by atoms with Gasteiger partial charge in [0, 0.05) is 31.7 Å². The largest absolute Gasteiger partial charge is 0.380 e. The Hall–Kier alpha value is -0.610. The number of rotatable bonds is 1. The molecule has 4 nitrogen and oxygen atoms in total. The fourth-order valence-electron chi connectivity index (χ4n) is 2.90. The van der Waals surface area contributed by atoms with Crippen molar-refractivity contribution in [3.8, 4) is 0 Å². The Balaban J connectivity index is 1.96. The van der Waals surface area contributed by atoms with Crippen molar-refractivity contribution in [3.05, 3.63) is 0 Å². The first kappa shape index (κ1) is 12.8. The predicted octanol–water partition coefficient (Wildman–Crippen LogP) is 0.999. The van der Waals surface area contributed by atoms with Gasteiger partial charge in [0.05, 0.1) is 6.61 Å². The van der Waals surface area contributed by atoms with Crippen LogP contribution in [0.5, 0.6) is 0 Å². The van der Waals surface area contributed by atoms with Crippen molar-refractivity contribution in [2.45, 2.75) is 38.6 Å². The molecule has 17 heavy (non-hydrogen) atoms. The maximum Gasteiger partial charge on any atom is 0.226 e. The third-order valence-electron chi connectivity index (χ3n) is 4.09. The molecule has 1 aliphatic carbocycles. The number of carbonyl (C=O) groups is 1. The molecule has 0 aromatic rings. The smallest absolute Gasteiger partial charge is 0.226 e. The molecule has 98 valence electrons. The maximum atomic E-state index is 12.5. The lowest BCUT2D eigenvalue weighted by molar-refractivity contribution is -0.138.